The zero-order valence-electron chi connectivity index (χ0n) is 9.04. The number of aliphatic imine (C=N–C) groups is 2. The molecule has 0 saturated carbocycles. The minimum atomic E-state index is -0.729. The van der Waals surface area contributed by atoms with E-state index in [9.17, 15) is 5.11 Å². The highest BCUT2D eigenvalue weighted by Gasteiger charge is 2.48. The molecule has 1 radical (unpaired) electrons. The maximum atomic E-state index is 10.3. The van der Waals surface area contributed by atoms with Gasteiger partial charge in [0, 0.05) is 12.3 Å². The van der Waals surface area contributed by atoms with E-state index in [2.05, 4.69) is 15.5 Å². The lowest BCUT2D eigenvalue weighted by atomic mass is 9.92. The van der Waals surface area contributed by atoms with Crippen LogP contribution in [0.2, 0.25) is 0 Å². The summed E-state index contributed by atoms with van der Waals surface area (Å²) in [5, 5.41) is 11.2. The summed E-state index contributed by atoms with van der Waals surface area (Å²) in [6, 6.07) is 9.86. The van der Waals surface area contributed by atoms with Crippen molar-refractivity contribution in [3.05, 3.63) is 35.9 Å². The minimum absolute atomic E-state index is 0.630. The number of benzene rings is 1. The third-order valence-corrected chi connectivity index (χ3v) is 4.73. The van der Waals surface area contributed by atoms with Gasteiger partial charge in [-0.1, -0.05) is 42.1 Å². The van der Waals surface area contributed by atoms with Crippen LogP contribution in [0.4, 0.5) is 0 Å². The smallest absolute Gasteiger partial charge is 0.170 e. The van der Waals surface area contributed by atoms with E-state index >= 15 is 0 Å². The molecule has 2 atom stereocenters. The van der Waals surface area contributed by atoms with Gasteiger partial charge in [-0.25, -0.2) is 0 Å². The van der Waals surface area contributed by atoms with Crippen LogP contribution in [-0.4, -0.2) is 33.4 Å². The van der Waals surface area contributed by atoms with Gasteiger partial charge in [-0.15, -0.1) is 11.8 Å². The van der Waals surface area contributed by atoms with E-state index in [1.807, 2.05) is 30.3 Å². The minimum Gasteiger partial charge on any atom is -0.379 e. The molecule has 0 bridgehead atoms. The van der Waals surface area contributed by atoms with Crippen molar-refractivity contribution in [2.75, 3.05) is 12.3 Å². The first kappa shape index (κ1) is 11.3. The first-order valence-corrected chi connectivity index (χ1v) is 7.24. The van der Waals surface area contributed by atoms with Gasteiger partial charge in [0.05, 0.1) is 0 Å². The van der Waals surface area contributed by atoms with Crippen molar-refractivity contribution in [2.24, 2.45) is 9.98 Å². The van der Waals surface area contributed by atoms with E-state index in [1.54, 1.807) is 11.8 Å². The Kier molecular flexibility index (Phi) is 2.98. The summed E-state index contributed by atoms with van der Waals surface area (Å²) in [6.07, 6.45) is 0. The third-order valence-electron chi connectivity index (χ3n) is 2.87. The van der Waals surface area contributed by atoms with Crippen molar-refractivity contribution in [1.82, 2.24) is 0 Å². The summed E-state index contributed by atoms with van der Waals surface area (Å²) >= 11 is 2.91. The molecule has 1 aromatic carbocycles. The molecule has 0 aliphatic carbocycles. The lowest BCUT2D eigenvalue weighted by molar-refractivity contribution is 0.212. The van der Waals surface area contributed by atoms with Crippen LogP contribution in [0.15, 0.2) is 40.3 Å². The van der Waals surface area contributed by atoms with Crippen LogP contribution in [0.1, 0.15) is 5.56 Å². The summed E-state index contributed by atoms with van der Waals surface area (Å²) in [4.78, 5) is 8.90. The molecule has 0 fully saturated rings. The molecule has 2 heterocycles. The Morgan fingerprint density at radius 1 is 1.35 bits per heavy atom. The molecule has 3 rings (SSSR count). The second-order valence-corrected chi connectivity index (χ2v) is 5.79. The summed E-state index contributed by atoms with van der Waals surface area (Å²) in [5.74, 6) is 0.969. The summed E-state index contributed by atoms with van der Waals surface area (Å²) < 4.78 is 0. The second-order valence-electron chi connectivity index (χ2n) is 3.84. The van der Waals surface area contributed by atoms with Gasteiger partial charge in [0.1, 0.15) is 16.0 Å². The molecular weight excluding hydrogens is 252 g/mol. The lowest BCUT2D eigenvalue weighted by Gasteiger charge is -2.29. The Balaban J connectivity index is 2.12. The molecule has 2 unspecified atom stereocenters. The van der Waals surface area contributed by atoms with Gasteiger partial charge in [-0.3, -0.25) is 9.98 Å². The summed E-state index contributed by atoms with van der Waals surface area (Å²) in [7, 11) is 0. The predicted octanol–water partition coefficient (Wildman–Crippen LogP) is 2.00. The van der Waals surface area contributed by atoms with Crippen LogP contribution in [0.5, 0.6) is 0 Å². The lowest BCUT2D eigenvalue weighted by Crippen LogP contribution is -2.39. The van der Waals surface area contributed by atoms with Gasteiger partial charge in [0.25, 0.3) is 0 Å². The molecule has 0 spiro atoms. The first-order valence-electron chi connectivity index (χ1n) is 5.38. The second kappa shape index (κ2) is 4.48. The van der Waals surface area contributed by atoms with Crippen LogP contribution < -0.4 is 0 Å². The number of hydrogen-bond donors (Lipinski definition) is 1. The quantitative estimate of drug-likeness (QED) is 0.887. The van der Waals surface area contributed by atoms with Gasteiger partial charge in [-0.05, 0) is 5.56 Å². The zero-order chi connectivity index (χ0) is 11.7. The number of rotatable bonds is 2. The average Bonchev–Trinajstić information content (AvgIpc) is 3.00. The SMILES string of the molecule is OC1S[C]=NC1(C1=NCCS1)c1ccccc1. The standard InChI is InChI=1S/C12H11N2OS2/c15-11-12(14-8-17-11,10-13-6-7-16-10)9-4-2-1-3-5-9/h1-5,11,15H,6-7H2. The third kappa shape index (κ3) is 1.73. The highest BCUT2D eigenvalue weighted by Crippen LogP contribution is 2.44. The summed E-state index contributed by atoms with van der Waals surface area (Å²) in [5.41, 5.74) is 2.46. The van der Waals surface area contributed by atoms with Crippen molar-refractivity contribution in [3.8, 4) is 0 Å². The molecule has 2 aliphatic heterocycles. The molecule has 0 saturated heterocycles. The van der Waals surface area contributed by atoms with E-state index in [-0.39, 0.29) is 0 Å². The van der Waals surface area contributed by atoms with E-state index in [0.717, 1.165) is 22.9 Å². The fourth-order valence-corrected chi connectivity index (χ4v) is 3.93. The van der Waals surface area contributed by atoms with Gasteiger partial charge in [0.2, 0.25) is 0 Å². The molecule has 2 aliphatic rings. The molecule has 0 amide bonds. The molecule has 1 N–H and O–H groups in total. The number of aliphatic hydroxyl groups is 1. The largest absolute Gasteiger partial charge is 0.379 e. The molecular formula is C12H11N2OS2. The van der Waals surface area contributed by atoms with Crippen LogP contribution in [-0.2, 0) is 5.54 Å². The van der Waals surface area contributed by atoms with Crippen molar-refractivity contribution < 1.29 is 5.11 Å². The molecule has 3 nitrogen and oxygen atoms in total. The Morgan fingerprint density at radius 3 is 2.76 bits per heavy atom. The highest BCUT2D eigenvalue weighted by atomic mass is 32.2. The van der Waals surface area contributed by atoms with Crippen molar-refractivity contribution in [1.29, 1.82) is 0 Å². The number of aliphatic hydroxyl groups excluding tert-OH is 1. The van der Waals surface area contributed by atoms with Crippen LogP contribution >= 0.6 is 23.5 Å². The maximum absolute atomic E-state index is 10.3. The monoisotopic (exact) mass is 263 g/mol. The highest BCUT2D eigenvalue weighted by molar-refractivity contribution is 8.15. The van der Waals surface area contributed by atoms with Gasteiger partial charge in [-0.2, -0.15) is 0 Å². The van der Waals surface area contributed by atoms with E-state index < -0.39 is 11.0 Å². The topological polar surface area (TPSA) is 45.0 Å². The van der Waals surface area contributed by atoms with Gasteiger partial charge < -0.3 is 5.11 Å². The predicted molar refractivity (Wildman–Crippen MR) is 73.9 cm³/mol. The van der Waals surface area contributed by atoms with Crippen molar-refractivity contribution in [2.45, 2.75) is 11.0 Å². The maximum Gasteiger partial charge on any atom is 0.170 e. The number of nitrogens with zero attached hydrogens (tertiary/aromatic N) is 2. The molecule has 1 aromatic rings. The van der Waals surface area contributed by atoms with Crippen molar-refractivity contribution >= 4 is 34.1 Å². The Morgan fingerprint density at radius 2 is 2.18 bits per heavy atom. The number of hydrogen-bond acceptors (Lipinski definition) is 5. The zero-order valence-corrected chi connectivity index (χ0v) is 10.7. The molecule has 0 aromatic heterocycles. The van der Waals surface area contributed by atoms with Crippen LogP contribution in [0.3, 0.4) is 0 Å². The first-order chi connectivity index (χ1) is 8.34. The molecule has 87 valence electrons. The summed E-state index contributed by atoms with van der Waals surface area (Å²) in [6.45, 7) is 0.807. The van der Waals surface area contributed by atoms with Crippen LogP contribution in [0.25, 0.3) is 0 Å². The molecule has 5 heteroatoms. The Bertz CT molecular complexity index is 475. The van der Waals surface area contributed by atoms with Crippen LogP contribution in [0, 0.1) is 0 Å². The van der Waals surface area contributed by atoms with Gasteiger partial charge in [0.15, 0.2) is 5.54 Å². The fraction of sp³-hybridized carbons (Fsp3) is 0.333. The van der Waals surface area contributed by atoms with E-state index in [4.69, 9.17) is 0 Å². The Hall–Kier alpha value is -0.780. The average molecular weight is 263 g/mol. The fourth-order valence-electron chi connectivity index (χ4n) is 2.03. The van der Waals surface area contributed by atoms with Crippen molar-refractivity contribution in [3.63, 3.8) is 0 Å². The van der Waals surface area contributed by atoms with E-state index in [0.29, 0.717) is 0 Å². The van der Waals surface area contributed by atoms with E-state index in [1.165, 1.54) is 11.8 Å². The number of thioether (sulfide) groups is 2. The van der Waals surface area contributed by atoms with Gasteiger partial charge >= 0.3 is 0 Å². The molecule has 17 heavy (non-hydrogen) atoms. The normalized spacial score (nSPS) is 31.8. The Labute approximate surface area is 108 Å².